The average Bonchev–Trinajstić information content (AvgIpc) is 3.38. The lowest BCUT2D eigenvalue weighted by molar-refractivity contribution is 0.105. The van der Waals surface area contributed by atoms with Gasteiger partial charge in [0.05, 0.1) is 24.2 Å². The smallest absolute Gasteiger partial charge is 0.191 e. The SMILES string of the molecule is CCNC(=NCc1ccccc1-n1nc(C)cc1C)NCCCOCc1ccco1.I. The van der Waals surface area contributed by atoms with Crippen molar-refractivity contribution in [3.05, 3.63) is 71.4 Å². The molecule has 1 aromatic carbocycles. The van der Waals surface area contributed by atoms with Gasteiger partial charge in [0, 0.05) is 25.4 Å². The fraction of sp³-hybridized carbons (Fsp3) is 0.391. The Morgan fingerprint density at radius 1 is 1.16 bits per heavy atom. The normalized spacial score (nSPS) is 11.3. The molecule has 0 radical (unpaired) electrons. The van der Waals surface area contributed by atoms with Gasteiger partial charge < -0.3 is 19.8 Å². The molecule has 2 aromatic heterocycles. The first-order chi connectivity index (χ1) is 14.7. The summed E-state index contributed by atoms with van der Waals surface area (Å²) in [6.45, 7) is 9.46. The number of nitrogens with one attached hydrogen (secondary N) is 2. The molecule has 0 aliphatic rings. The minimum atomic E-state index is 0. The van der Waals surface area contributed by atoms with E-state index in [9.17, 15) is 0 Å². The number of aromatic nitrogens is 2. The van der Waals surface area contributed by atoms with E-state index in [1.165, 1.54) is 0 Å². The zero-order valence-electron chi connectivity index (χ0n) is 18.4. The summed E-state index contributed by atoms with van der Waals surface area (Å²) in [4.78, 5) is 4.76. The Kier molecular flexibility index (Phi) is 10.6. The van der Waals surface area contributed by atoms with Gasteiger partial charge in [0.15, 0.2) is 5.96 Å². The first kappa shape index (κ1) is 24.9. The van der Waals surface area contributed by atoms with Crippen molar-refractivity contribution in [1.29, 1.82) is 0 Å². The summed E-state index contributed by atoms with van der Waals surface area (Å²) in [6, 6.07) is 14.1. The van der Waals surface area contributed by atoms with Crippen molar-refractivity contribution in [2.45, 2.75) is 40.3 Å². The number of aryl methyl sites for hydroxylation is 2. The van der Waals surface area contributed by atoms with Crippen molar-refractivity contribution >= 4 is 29.9 Å². The molecule has 0 spiro atoms. The van der Waals surface area contributed by atoms with Crippen LogP contribution in [0.4, 0.5) is 0 Å². The highest BCUT2D eigenvalue weighted by atomic mass is 127. The average molecular weight is 537 g/mol. The molecule has 0 aliphatic heterocycles. The Balaban J connectivity index is 0.00000341. The molecule has 0 unspecified atom stereocenters. The van der Waals surface area contributed by atoms with E-state index >= 15 is 0 Å². The van der Waals surface area contributed by atoms with Crippen LogP contribution in [-0.4, -0.2) is 35.4 Å². The summed E-state index contributed by atoms with van der Waals surface area (Å²) < 4.78 is 12.9. The highest BCUT2D eigenvalue weighted by molar-refractivity contribution is 14.0. The molecule has 0 bridgehead atoms. The van der Waals surface area contributed by atoms with Gasteiger partial charge in [-0.15, -0.1) is 24.0 Å². The van der Waals surface area contributed by atoms with E-state index in [2.05, 4.69) is 47.8 Å². The topological polar surface area (TPSA) is 76.6 Å². The number of ether oxygens (including phenoxy) is 1. The van der Waals surface area contributed by atoms with Gasteiger partial charge in [-0.1, -0.05) is 18.2 Å². The second-order valence-corrected chi connectivity index (χ2v) is 7.08. The summed E-state index contributed by atoms with van der Waals surface area (Å²) in [5, 5.41) is 11.3. The molecule has 0 saturated carbocycles. The van der Waals surface area contributed by atoms with E-state index in [1.807, 2.05) is 35.9 Å². The number of para-hydroxylation sites is 1. The lowest BCUT2D eigenvalue weighted by Gasteiger charge is -2.13. The van der Waals surface area contributed by atoms with Gasteiger partial charge in [-0.3, -0.25) is 0 Å². The summed E-state index contributed by atoms with van der Waals surface area (Å²) in [5.74, 6) is 1.64. The standard InChI is InChI=1S/C23H31N5O2.HI/c1-4-24-23(25-12-8-13-29-17-21-10-7-14-30-21)26-16-20-9-5-6-11-22(20)28-19(3)15-18(2)27-28;/h5-7,9-11,14-15H,4,8,12-13,16-17H2,1-3H3,(H2,24,25,26);1H. The zero-order chi connectivity index (χ0) is 21.2. The predicted octanol–water partition coefficient (Wildman–Crippen LogP) is 4.36. The van der Waals surface area contributed by atoms with Crippen LogP contribution >= 0.6 is 24.0 Å². The third kappa shape index (κ3) is 7.70. The predicted molar refractivity (Wildman–Crippen MR) is 134 cm³/mol. The van der Waals surface area contributed by atoms with Crippen molar-refractivity contribution in [2.75, 3.05) is 19.7 Å². The second kappa shape index (κ2) is 13.2. The highest BCUT2D eigenvalue weighted by Gasteiger charge is 2.08. The number of guanidine groups is 1. The first-order valence-electron chi connectivity index (χ1n) is 10.4. The fourth-order valence-electron chi connectivity index (χ4n) is 3.18. The fourth-order valence-corrected chi connectivity index (χ4v) is 3.18. The maximum atomic E-state index is 5.62. The molecule has 3 rings (SSSR count). The third-order valence-corrected chi connectivity index (χ3v) is 4.56. The van der Waals surface area contributed by atoms with Crippen LogP contribution in [0.3, 0.4) is 0 Å². The maximum absolute atomic E-state index is 5.62. The van der Waals surface area contributed by atoms with Crippen LogP contribution < -0.4 is 10.6 Å². The minimum absolute atomic E-state index is 0. The van der Waals surface area contributed by atoms with E-state index in [0.717, 1.165) is 53.9 Å². The number of nitrogens with zero attached hydrogens (tertiary/aromatic N) is 3. The lowest BCUT2D eigenvalue weighted by atomic mass is 10.2. The van der Waals surface area contributed by atoms with Crippen molar-refractivity contribution in [3.8, 4) is 5.69 Å². The molecule has 8 heteroatoms. The number of hydrogen-bond donors (Lipinski definition) is 2. The highest BCUT2D eigenvalue weighted by Crippen LogP contribution is 2.17. The van der Waals surface area contributed by atoms with Crippen LogP contribution in [0.25, 0.3) is 5.69 Å². The molecule has 0 aliphatic carbocycles. The Morgan fingerprint density at radius 3 is 2.71 bits per heavy atom. The molecule has 7 nitrogen and oxygen atoms in total. The number of benzene rings is 1. The van der Waals surface area contributed by atoms with Gasteiger partial charge in [-0.2, -0.15) is 5.10 Å². The first-order valence-corrected chi connectivity index (χ1v) is 10.4. The Morgan fingerprint density at radius 2 is 2.00 bits per heavy atom. The van der Waals surface area contributed by atoms with Crippen LogP contribution in [0, 0.1) is 13.8 Å². The van der Waals surface area contributed by atoms with Crippen molar-refractivity contribution < 1.29 is 9.15 Å². The molecule has 0 amide bonds. The van der Waals surface area contributed by atoms with E-state index in [0.29, 0.717) is 19.8 Å². The molecule has 3 aromatic rings. The minimum Gasteiger partial charge on any atom is -0.467 e. The van der Waals surface area contributed by atoms with E-state index in [4.69, 9.17) is 14.1 Å². The summed E-state index contributed by atoms with van der Waals surface area (Å²) in [7, 11) is 0. The Labute approximate surface area is 201 Å². The molecular formula is C23H32IN5O2. The largest absolute Gasteiger partial charge is 0.467 e. The summed E-state index contributed by atoms with van der Waals surface area (Å²) in [5.41, 5.74) is 4.32. The van der Waals surface area contributed by atoms with Crippen LogP contribution in [0.2, 0.25) is 0 Å². The van der Waals surface area contributed by atoms with Gasteiger partial charge >= 0.3 is 0 Å². The molecule has 168 valence electrons. The Hall–Kier alpha value is -2.33. The second-order valence-electron chi connectivity index (χ2n) is 7.08. The van der Waals surface area contributed by atoms with Crippen molar-refractivity contribution in [1.82, 2.24) is 20.4 Å². The van der Waals surface area contributed by atoms with Crippen LogP contribution in [0.1, 0.15) is 36.1 Å². The van der Waals surface area contributed by atoms with Gasteiger partial charge in [-0.05, 0) is 57.0 Å². The molecule has 2 heterocycles. The molecule has 31 heavy (non-hydrogen) atoms. The van der Waals surface area contributed by atoms with Crippen LogP contribution in [0.5, 0.6) is 0 Å². The van der Waals surface area contributed by atoms with Crippen molar-refractivity contribution in [2.24, 2.45) is 4.99 Å². The zero-order valence-corrected chi connectivity index (χ0v) is 20.8. The van der Waals surface area contributed by atoms with E-state index in [-0.39, 0.29) is 24.0 Å². The number of rotatable bonds is 10. The monoisotopic (exact) mass is 537 g/mol. The van der Waals surface area contributed by atoms with Gasteiger partial charge in [-0.25, -0.2) is 9.67 Å². The molecule has 2 N–H and O–H groups in total. The summed E-state index contributed by atoms with van der Waals surface area (Å²) in [6.07, 6.45) is 2.54. The molecule has 0 saturated heterocycles. The number of hydrogen-bond acceptors (Lipinski definition) is 4. The molecular weight excluding hydrogens is 505 g/mol. The number of halogens is 1. The Bertz CT molecular complexity index is 937. The van der Waals surface area contributed by atoms with Gasteiger partial charge in [0.2, 0.25) is 0 Å². The molecule has 0 fully saturated rings. The van der Waals surface area contributed by atoms with Crippen LogP contribution in [-0.2, 0) is 17.9 Å². The van der Waals surface area contributed by atoms with E-state index in [1.54, 1.807) is 6.26 Å². The van der Waals surface area contributed by atoms with Gasteiger partial charge in [0.1, 0.15) is 12.4 Å². The van der Waals surface area contributed by atoms with Gasteiger partial charge in [0.25, 0.3) is 0 Å². The quantitative estimate of drug-likeness (QED) is 0.174. The number of furan rings is 1. The maximum Gasteiger partial charge on any atom is 0.191 e. The third-order valence-electron chi connectivity index (χ3n) is 4.56. The van der Waals surface area contributed by atoms with Crippen LogP contribution in [0.15, 0.2) is 58.1 Å². The molecule has 0 atom stereocenters. The van der Waals surface area contributed by atoms with E-state index < -0.39 is 0 Å². The number of aliphatic imine (C=N–C) groups is 1. The lowest BCUT2D eigenvalue weighted by Crippen LogP contribution is -2.38. The summed E-state index contributed by atoms with van der Waals surface area (Å²) >= 11 is 0. The van der Waals surface area contributed by atoms with Crippen molar-refractivity contribution in [3.63, 3.8) is 0 Å².